The molecule has 0 radical (unpaired) electrons. The Morgan fingerprint density at radius 1 is 1.47 bits per heavy atom. The largest absolute Gasteiger partial charge is 0.475 e. The van der Waals surface area contributed by atoms with Crippen molar-refractivity contribution in [1.29, 1.82) is 0 Å². The summed E-state index contributed by atoms with van der Waals surface area (Å²) >= 11 is 3.50. The summed E-state index contributed by atoms with van der Waals surface area (Å²) < 4.78 is 6.66. The molecule has 0 bridgehead atoms. The molecule has 1 saturated heterocycles. The van der Waals surface area contributed by atoms with Crippen LogP contribution in [0.3, 0.4) is 0 Å². The molecular formula is C13H21BrN4O. The number of aromatic nitrogens is 2. The van der Waals surface area contributed by atoms with E-state index in [1.807, 2.05) is 6.92 Å². The smallest absolute Gasteiger partial charge is 0.233 e. The van der Waals surface area contributed by atoms with Gasteiger partial charge in [-0.05, 0) is 49.3 Å². The number of hydrogen-bond acceptors (Lipinski definition) is 5. The summed E-state index contributed by atoms with van der Waals surface area (Å²) in [7, 11) is 2.16. The summed E-state index contributed by atoms with van der Waals surface area (Å²) in [4.78, 5) is 10.7. The van der Waals surface area contributed by atoms with Gasteiger partial charge in [-0.1, -0.05) is 6.42 Å². The van der Waals surface area contributed by atoms with Crippen LogP contribution in [-0.4, -0.2) is 47.7 Å². The van der Waals surface area contributed by atoms with E-state index in [0.717, 1.165) is 23.4 Å². The average Bonchev–Trinajstić information content (AvgIpc) is 2.42. The first-order valence-electron chi connectivity index (χ1n) is 6.79. The molecule has 1 unspecified atom stereocenters. The summed E-state index contributed by atoms with van der Waals surface area (Å²) in [5.41, 5.74) is 0. The second kappa shape index (κ2) is 7.05. The Bertz CT molecular complexity index is 416. The van der Waals surface area contributed by atoms with Gasteiger partial charge in [0.25, 0.3) is 0 Å². The molecule has 2 heterocycles. The number of nitrogens with zero attached hydrogens (tertiary/aromatic N) is 3. The van der Waals surface area contributed by atoms with Gasteiger partial charge in [0.15, 0.2) is 0 Å². The molecule has 1 aliphatic heterocycles. The van der Waals surface area contributed by atoms with Gasteiger partial charge in [-0.25, -0.2) is 9.97 Å². The van der Waals surface area contributed by atoms with Crippen LogP contribution in [0.15, 0.2) is 10.8 Å². The number of likely N-dealkylation sites (tertiary alicyclic amines) is 1. The van der Waals surface area contributed by atoms with Crippen LogP contribution in [0.5, 0.6) is 5.88 Å². The Labute approximate surface area is 122 Å². The van der Waals surface area contributed by atoms with E-state index in [1.54, 1.807) is 0 Å². The maximum atomic E-state index is 5.85. The second-order valence-corrected chi connectivity index (χ2v) is 5.61. The summed E-state index contributed by atoms with van der Waals surface area (Å²) in [6.45, 7) is 4.69. The van der Waals surface area contributed by atoms with Crippen LogP contribution < -0.4 is 10.1 Å². The molecule has 0 spiro atoms. The predicted octanol–water partition coefficient (Wildman–Crippen LogP) is 2.53. The molecule has 1 atom stereocenters. The fourth-order valence-electron chi connectivity index (χ4n) is 2.27. The molecule has 1 aromatic heterocycles. The third kappa shape index (κ3) is 3.79. The van der Waals surface area contributed by atoms with Crippen LogP contribution in [-0.2, 0) is 0 Å². The molecule has 106 valence electrons. The molecule has 19 heavy (non-hydrogen) atoms. The van der Waals surface area contributed by atoms with Crippen LogP contribution >= 0.6 is 15.9 Å². The van der Waals surface area contributed by atoms with Crippen molar-refractivity contribution in [2.24, 2.45) is 0 Å². The van der Waals surface area contributed by atoms with Gasteiger partial charge in [-0.2, -0.15) is 0 Å². The van der Waals surface area contributed by atoms with Gasteiger partial charge in [-0.15, -0.1) is 0 Å². The lowest BCUT2D eigenvalue weighted by Crippen LogP contribution is -2.40. The number of nitrogens with one attached hydrogen (secondary N) is 1. The fourth-order valence-corrected chi connectivity index (χ4v) is 2.73. The van der Waals surface area contributed by atoms with E-state index in [1.165, 1.54) is 25.6 Å². The van der Waals surface area contributed by atoms with E-state index in [2.05, 4.69) is 43.2 Å². The molecule has 1 aromatic rings. The highest BCUT2D eigenvalue weighted by atomic mass is 79.9. The number of ether oxygens (including phenoxy) is 1. The Morgan fingerprint density at radius 2 is 2.32 bits per heavy atom. The highest BCUT2D eigenvalue weighted by molar-refractivity contribution is 9.10. The molecule has 0 amide bonds. The number of rotatable bonds is 5. The first kappa shape index (κ1) is 14.5. The van der Waals surface area contributed by atoms with E-state index in [4.69, 9.17) is 4.74 Å². The molecule has 5 nitrogen and oxygen atoms in total. The van der Waals surface area contributed by atoms with Crippen molar-refractivity contribution in [3.05, 3.63) is 10.8 Å². The number of halogens is 1. The zero-order chi connectivity index (χ0) is 13.7. The number of anilines is 1. The zero-order valence-corrected chi connectivity index (χ0v) is 13.1. The van der Waals surface area contributed by atoms with Crippen molar-refractivity contribution >= 4 is 21.7 Å². The maximum Gasteiger partial charge on any atom is 0.233 e. The molecule has 0 aromatic carbocycles. The van der Waals surface area contributed by atoms with Gasteiger partial charge in [-0.3, -0.25) is 0 Å². The average molecular weight is 329 g/mol. The highest BCUT2D eigenvalue weighted by Gasteiger charge is 2.20. The van der Waals surface area contributed by atoms with E-state index in [0.29, 0.717) is 18.5 Å². The van der Waals surface area contributed by atoms with Crippen molar-refractivity contribution in [2.75, 3.05) is 32.1 Å². The van der Waals surface area contributed by atoms with Crippen molar-refractivity contribution < 1.29 is 4.74 Å². The van der Waals surface area contributed by atoms with Crippen molar-refractivity contribution in [2.45, 2.75) is 32.2 Å². The first-order valence-corrected chi connectivity index (χ1v) is 7.59. The molecule has 1 N–H and O–H groups in total. The van der Waals surface area contributed by atoms with Crippen molar-refractivity contribution in [3.8, 4) is 5.88 Å². The summed E-state index contributed by atoms with van der Waals surface area (Å²) in [6, 6.07) is 0.484. The SMILES string of the molecule is CCNc1ncnc(OCC2CCCCN2C)c1Br. The van der Waals surface area contributed by atoms with E-state index in [9.17, 15) is 0 Å². The van der Waals surface area contributed by atoms with Gasteiger partial charge < -0.3 is 15.0 Å². The van der Waals surface area contributed by atoms with Crippen LogP contribution in [0.1, 0.15) is 26.2 Å². The molecule has 6 heteroatoms. The lowest BCUT2D eigenvalue weighted by molar-refractivity contribution is 0.122. The van der Waals surface area contributed by atoms with E-state index in [-0.39, 0.29) is 0 Å². The van der Waals surface area contributed by atoms with Crippen molar-refractivity contribution in [1.82, 2.24) is 14.9 Å². The fraction of sp³-hybridized carbons (Fsp3) is 0.692. The Hall–Kier alpha value is -0.880. The Kier molecular flexibility index (Phi) is 5.39. The van der Waals surface area contributed by atoms with Gasteiger partial charge >= 0.3 is 0 Å². The molecule has 1 fully saturated rings. The molecule has 0 saturated carbocycles. The van der Waals surface area contributed by atoms with Gasteiger partial charge in [0.05, 0.1) is 0 Å². The number of hydrogen-bond donors (Lipinski definition) is 1. The van der Waals surface area contributed by atoms with Gasteiger partial charge in [0.1, 0.15) is 23.2 Å². The van der Waals surface area contributed by atoms with Gasteiger partial charge in [0, 0.05) is 12.6 Å². The van der Waals surface area contributed by atoms with Crippen molar-refractivity contribution in [3.63, 3.8) is 0 Å². The highest BCUT2D eigenvalue weighted by Crippen LogP contribution is 2.28. The molecular weight excluding hydrogens is 308 g/mol. The predicted molar refractivity (Wildman–Crippen MR) is 79.7 cm³/mol. The van der Waals surface area contributed by atoms with E-state index >= 15 is 0 Å². The van der Waals surface area contributed by atoms with E-state index < -0.39 is 0 Å². The van der Waals surface area contributed by atoms with Crippen LogP contribution in [0.4, 0.5) is 5.82 Å². The maximum absolute atomic E-state index is 5.85. The third-order valence-corrected chi connectivity index (χ3v) is 4.15. The minimum atomic E-state index is 0.484. The zero-order valence-electron chi connectivity index (χ0n) is 11.5. The number of likely N-dealkylation sites (N-methyl/N-ethyl adjacent to an activating group) is 1. The second-order valence-electron chi connectivity index (χ2n) is 4.81. The summed E-state index contributed by atoms with van der Waals surface area (Å²) in [5.74, 6) is 1.40. The Morgan fingerprint density at radius 3 is 3.05 bits per heavy atom. The van der Waals surface area contributed by atoms with Crippen LogP contribution in [0, 0.1) is 0 Å². The minimum absolute atomic E-state index is 0.484. The standard InChI is InChI=1S/C13H21BrN4O/c1-3-15-12-11(14)13(17-9-16-12)19-8-10-6-4-5-7-18(10)2/h9-10H,3-8H2,1-2H3,(H,15,16,17). The minimum Gasteiger partial charge on any atom is -0.475 e. The molecule has 0 aliphatic carbocycles. The third-order valence-electron chi connectivity index (χ3n) is 3.44. The van der Waals surface area contributed by atoms with Crippen LogP contribution in [0.25, 0.3) is 0 Å². The first-order chi connectivity index (χ1) is 9.22. The van der Waals surface area contributed by atoms with Gasteiger partial charge in [0.2, 0.25) is 5.88 Å². The lowest BCUT2D eigenvalue weighted by Gasteiger charge is -2.32. The molecule has 2 rings (SSSR count). The summed E-state index contributed by atoms with van der Waals surface area (Å²) in [5, 5.41) is 3.17. The topological polar surface area (TPSA) is 50.3 Å². The molecule has 1 aliphatic rings. The lowest BCUT2D eigenvalue weighted by atomic mass is 10.0. The summed E-state index contributed by atoms with van der Waals surface area (Å²) in [6.07, 6.45) is 5.29. The Balaban J connectivity index is 1.97. The monoisotopic (exact) mass is 328 g/mol. The van der Waals surface area contributed by atoms with Crippen LogP contribution in [0.2, 0.25) is 0 Å². The quantitative estimate of drug-likeness (QED) is 0.900. The number of piperidine rings is 1. The normalized spacial score (nSPS) is 20.3.